The third kappa shape index (κ3) is 6.76. The van der Waals surface area contributed by atoms with Crippen LogP contribution in [0.25, 0.3) is 0 Å². The Hall–Kier alpha value is -0.260. The molecule has 0 bridgehead atoms. The topological polar surface area (TPSA) is 69.6 Å². The van der Waals surface area contributed by atoms with E-state index < -0.39 is 5.97 Å². The third-order valence-electron chi connectivity index (χ3n) is 2.38. The molecule has 5 heteroatoms. The summed E-state index contributed by atoms with van der Waals surface area (Å²) in [4.78, 5) is 10.4. The lowest BCUT2D eigenvalue weighted by molar-refractivity contribution is -0.137. The number of aliphatic hydroxyl groups is 1. The Labute approximate surface area is 95.4 Å². The van der Waals surface area contributed by atoms with E-state index in [-0.39, 0.29) is 30.4 Å². The fourth-order valence-corrected chi connectivity index (χ4v) is 2.05. The summed E-state index contributed by atoms with van der Waals surface area (Å²) in [6.07, 6.45) is 2.76. The van der Waals surface area contributed by atoms with Crippen LogP contribution < -0.4 is 5.32 Å². The Morgan fingerprint density at radius 2 is 2.07 bits per heavy atom. The average Bonchev–Trinajstić information content (AvgIpc) is 2.16. The van der Waals surface area contributed by atoms with E-state index in [2.05, 4.69) is 5.32 Å². The summed E-state index contributed by atoms with van der Waals surface area (Å²) in [5.74, 6) is -0.764. The van der Waals surface area contributed by atoms with Crippen molar-refractivity contribution in [3.05, 3.63) is 0 Å². The van der Waals surface area contributed by atoms with Gasteiger partial charge in [-0.05, 0) is 26.5 Å². The van der Waals surface area contributed by atoms with Crippen LogP contribution in [-0.2, 0) is 4.79 Å². The standard InChI is InChI=1S/C10H21NO3S/c1-7(4-5-10(13)14)11-8(2)9(6-12)15-3/h7-9,11-12H,4-6H2,1-3H3,(H,13,14). The number of aliphatic hydroxyl groups excluding tert-OH is 1. The Morgan fingerprint density at radius 1 is 1.47 bits per heavy atom. The number of nitrogens with one attached hydrogen (secondary N) is 1. The number of aliphatic carboxylic acids is 1. The van der Waals surface area contributed by atoms with Crippen LogP contribution in [0.15, 0.2) is 0 Å². The SMILES string of the molecule is CSC(CO)C(C)NC(C)CCC(=O)O. The van der Waals surface area contributed by atoms with E-state index in [9.17, 15) is 4.79 Å². The molecule has 0 amide bonds. The molecule has 0 aliphatic heterocycles. The molecule has 15 heavy (non-hydrogen) atoms. The van der Waals surface area contributed by atoms with Crippen LogP contribution in [0.4, 0.5) is 0 Å². The van der Waals surface area contributed by atoms with Crippen LogP contribution in [0.5, 0.6) is 0 Å². The monoisotopic (exact) mass is 235 g/mol. The van der Waals surface area contributed by atoms with Gasteiger partial charge in [-0.3, -0.25) is 4.79 Å². The van der Waals surface area contributed by atoms with E-state index in [4.69, 9.17) is 10.2 Å². The van der Waals surface area contributed by atoms with Gasteiger partial charge in [0.2, 0.25) is 0 Å². The molecular weight excluding hydrogens is 214 g/mol. The fourth-order valence-electron chi connectivity index (χ4n) is 1.42. The maximum atomic E-state index is 10.4. The van der Waals surface area contributed by atoms with Crippen LogP contribution in [0, 0.1) is 0 Å². The first-order chi connectivity index (χ1) is 7.01. The molecule has 3 atom stereocenters. The number of carboxylic acid groups (broad SMARTS) is 1. The first-order valence-electron chi connectivity index (χ1n) is 5.12. The first kappa shape index (κ1) is 14.7. The molecule has 0 aromatic rings. The van der Waals surface area contributed by atoms with Gasteiger partial charge >= 0.3 is 5.97 Å². The minimum Gasteiger partial charge on any atom is -0.481 e. The Morgan fingerprint density at radius 3 is 2.47 bits per heavy atom. The summed E-state index contributed by atoms with van der Waals surface area (Å²) >= 11 is 1.62. The van der Waals surface area contributed by atoms with Crippen LogP contribution in [-0.4, -0.2) is 46.4 Å². The first-order valence-corrected chi connectivity index (χ1v) is 6.41. The van der Waals surface area contributed by atoms with Gasteiger partial charge in [0, 0.05) is 23.8 Å². The normalized spacial score (nSPS) is 17.1. The highest BCUT2D eigenvalue weighted by atomic mass is 32.2. The van der Waals surface area contributed by atoms with E-state index >= 15 is 0 Å². The smallest absolute Gasteiger partial charge is 0.303 e. The molecule has 0 aromatic heterocycles. The largest absolute Gasteiger partial charge is 0.481 e. The number of rotatable bonds is 8. The molecule has 0 fully saturated rings. The summed E-state index contributed by atoms with van der Waals surface area (Å²) < 4.78 is 0. The van der Waals surface area contributed by atoms with Crippen LogP contribution >= 0.6 is 11.8 Å². The predicted molar refractivity (Wildman–Crippen MR) is 63.3 cm³/mol. The molecule has 0 aromatic carbocycles. The molecule has 0 saturated carbocycles. The lowest BCUT2D eigenvalue weighted by Gasteiger charge is -2.25. The number of carboxylic acids is 1. The quantitative estimate of drug-likeness (QED) is 0.584. The van der Waals surface area contributed by atoms with Gasteiger partial charge < -0.3 is 15.5 Å². The van der Waals surface area contributed by atoms with E-state index in [0.717, 1.165) is 0 Å². The number of hydrogen-bond acceptors (Lipinski definition) is 4. The third-order valence-corrected chi connectivity index (χ3v) is 3.54. The summed E-state index contributed by atoms with van der Waals surface area (Å²) in [6.45, 7) is 4.11. The van der Waals surface area contributed by atoms with Gasteiger partial charge in [0.15, 0.2) is 0 Å². The van der Waals surface area contributed by atoms with E-state index in [1.54, 1.807) is 11.8 Å². The minimum atomic E-state index is -0.764. The van der Waals surface area contributed by atoms with Gasteiger partial charge in [-0.1, -0.05) is 0 Å². The zero-order valence-electron chi connectivity index (χ0n) is 9.56. The van der Waals surface area contributed by atoms with Gasteiger partial charge in [0.05, 0.1) is 6.61 Å². The summed E-state index contributed by atoms with van der Waals surface area (Å²) in [6, 6.07) is 0.353. The summed E-state index contributed by atoms with van der Waals surface area (Å²) in [5.41, 5.74) is 0. The minimum absolute atomic E-state index is 0.140. The molecule has 4 nitrogen and oxygen atoms in total. The summed E-state index contributed by atoms with van der Waals surface area (Å²) in [5, 5.41) is 21.1. The van der Waals surface area contributed by atoms with E-state index in [0.29, 0.717) is 6.42 Å². The maximum absolute atomic E-state index is 10.4. The van der Waals surface area contributed by atoms with Crippen molar-refractivity contribution in [1.29, 1.82) is 0 Å². The van der Waals surface area contributed by atoms with E-state index in [1.807, 2.05) is 20.1 Å². The van der Waals surface area contributed by atoms with Gasteiger partial charge in [-0.15, -0.1) is 0 Å². The Balaban J connectivity index is 3.83. The number of thioether (sulfide) groups is 1. The summed E-state index contributed by atoms with van der Waals surface area (Å²) in [7, 11) is 0. The van der Waals surface area contributed by atoms with Gasteiger partial charge in [-0.2, -0.15) is 11.8 Å². The molecule has 0 aliphatic rings. The van der Waals surface area contributed by atoms with Crippen LogP contribution in [0.2, 0.25) is 0 Å². The number of hydrogen-bond donors (Lipinski definition) is 3. The second kappa shape index (κ2) is 7.96. The van der Waals surface area contributed by atoms with Crippen LogP contribution in [0.1, 0.15) is 26.7 Å². The van der Waals surface area contributed by atoms with Gasteiger partial charge in [-0.25, -0.2) is 0 Å². The molecule has 0 aliphatic carbocycles. The lowest BCUT2D eigenvalue weighted by atomic mass is 10.1. The molecule has 0 saturated heterocycles. The molecule has 3 unspecified atom stereocenters. The molecule has 0 heterocycles. The van der Waals surface area contributed by atoms with E-state index in [1.165, 1.54) is 0 Å². The van der Waals surface area contributed by atoms with Crippen molar-refractivity contribution in [3.8, 4) is 0 Å². The van der Waals surface area contributed by atoms with Crippen molar-refractivity contribution in [2.24, 2.45) is 0 Å². The highest BCUT2D eigenvalue weighted by Crippen LogP contribution is 2.11. The number of carbonyl (C=O) groups is 1. The van der Waals surface area contributed by atoms with Crippen molar-refractivity contribution in [3.63, 3.8) is 0 Å². The molecular formula is C10H21NO3S. The second-order valence-electron chi connectivity index (χ2n) is 3.75. The zero-order valence-corrected chi connectivity index (χ0v) is 10.4. The predicted octanol–water partition coefficient (Wildman–Crippen LogP) is 0.942. The van der Waals surface area contributed by atoms with Gasteiger partial charge in [0.1, 0.15) is 0 Å². The van der Waals surface area contributed by atoms with Gasteiger partial charge in [0.25, 0.3) is 0 Å². The average molecular weight is 235 g/mol. The van der Waals surface area contributed by atoms with Crippen molar-refractivity contribution in [1.82, 2.24) is 5.32 Å². The Bertz CT molecular complexity index is 186. The van der Waals surface area contributed by atoms with Crippen molar-refractivity contribution in [2.75, 3.05) is 12.9 Å². The fraction of sp³-hybridized carbons (Fsp3) is 0.900. The Kier molecular flexibility index (Phi) is 7.82. The van der Waals surface area contributed by atoms with Crippen molar-refractivity contribution >= 4 is 17.7 Å². The molecule has 0 rings (SSSR count). The van der Waals surface area contributed by atoms with Crippen molar-refractivity contribution in [2.45, 2.75) is 44.0 Å². The molecule has 0 spiro atoms. The van der Waals surface area contributed by atoms with Crippen molar-refractivity contribution < 1.29 is 15.0 Å². The highest BCUT2D eigenvalue weighted by Gasteiger charge is 2.17. The molecule has 0 radical (unpaired) electrons. The second-order valence-corrected chi connectivity index (χ2v) is 4.82. The maximum Gasteiger partial charge on any atom is 0.303 e. The highest BCUT2D eigenvalue weighted by molar-refractivity contribution is 7.99. The molecule has 90 valence electrons. The lowest BCUT2D eigenvalue weighted by Crippen LogP contribution is -2.42. The zero-order chi connectivity index (χ0) is 11.8. The molecule has 3 N–H and O–H groups in total. The van der Waals surface area contributed by atoms with Crippen LogP contribution in [0.3, 0.4) is 0 Å².